The van der Waals surface area contributed by atoms with Crippen molar-refractivity contribution in [2.24, 2.45) is 5.73 Å². The Labute approximate surface area is 67.3 Å². The highest BCUT2D eigenvalue weighted by molar-refractivity contribution is 7.52. The third-order valence-electron chi connectivity index (χ3n) is 1.13. The zero-order valence-electron chi connectivity index (χ0n) is 5.92. The number of hydrogen-bond acceptors (Lipinski definition) is 3. The minimum atomic E-state index is -4.86. The summed E-state index contributed by atoms with van der Waals surface area (Å²) in [5.74, 6) is -4.00. The second-order valence-corrected chi connectivity index (χ2v) is 3.94. The molecule has 2 atom stereocenters. The average molecular weight is 200 g/mol. The van der Waals surface area contributed by atoms with Gasteiger partial charge in [0.15, 0.2) is 0 Å². The van der Waals surface area contributed by atoms with Crippen molar-refractivity contribution in [1.29, 1.82) is 0 Å². The summed E-state index contributed by atoms with van der Waals surface area (Å²) in [5, 5.41) is 8.15. The minimum absolute atomic E-state index is 0.889. The van der Waals surface area contributed by atoms with E-state index in [0.29, 0.717) is 0 Å². The standard InChI is InChI=1S/C4H9FNO5P/c5-3(12(9,10)11)1-2(6)4(7)8/h2-3H,1,6H2,(H,7,8)(H2,9,10,11)/t2-,3?/m0/s1/i5-1. The van der Waals surface area contributed by atoms with Crippen LogP contribution in [0, 0.1) is 0 Å². The van der Waals surface area contributed by atoms with Crippen LogP contribution < -0.4 is 5.73 Å². The molecule has 0 radical (unpaired) electrons. The lowest BCUT2D eigenvalue weighted by Crippen LogP contribution is -2.32. The van der Waals surface area contributed by atoms with Crippen molar-refractivity contribution in [1.82, 2.24) is 0 Å². The van der Waals surface area contributed by atoms with Crippen molar-refractivity contribution in [2.45, 2.75) is 18.4 Å². The van der Waals surface area contributed by atoms with Gasteiger partial charge in [-0.15, -0.1) is 0 Å². The second kappa shape index (κ2) is 3.95. The molecule has 0 saturated carbocycles. The van der Waals surface area contributed by atoms with Crippen LogP contribution >= 0.6 is 7.60 Å². The van der Waals surface area contributed by atoms with Gasteiger partial charge in [0, 0.05) is 6.42 Å². The van der Waals surface area contributed by atoms with E-state index in [4.69, 9.17) is 20.6 Å². The predicted octanol–water partition coefficient (Wildman–Crippen LogP) is -0.738. The largest absolute Gasteiger partial charge is 0.480 e. The molecular formula is C4H9FNO5P. The topological polar surface area (TPSA) is 121 Å². The normalized spacial score (nSPS) is 17.0. The van der Waals surface area contributed by atoms with Gasteiger partial charge in [-0.1, -0.05) is 0 Å². The lowest BCUT2D eigenvalue weighted by atomic mass is 10.2. The molecule has 8 heteroatoms. The Morgan fingerprint density at radius 1 is 1.58 bits per heavy atom. The van der Waals surface area contributed by atoms with Gasteiger partial charge in [0.25, 0.3) is 0 Å². The van der Waals surface area contributed by atoms with E-state index in [9.17, 15) is 13.8 Å². The summed E-state index contributed by atoms with van der Waals surface area (Å²) >= 11 is 0. The molecule has 0 amide bonds. The number of halogens is 1. The van der Waals surface area contributed by atoms with Crippen LogP contribution in [0.2, 0.25) is 0 Å². The molecule has 0 aromatic rings. The third kappa shape index (κ3) is 3.77. The number of alkyl halides is 1. The summed E-state index contributed by atoms with van der Waals surface area (Å²) in [4.78, 5) is 26.4. The van der Waals surface area contributed by atoms with Crippen LogP contribution in [-0.2, 0) is 9.36 Å². The first-order valence-corrected chi connectivity index (χ1v) is 4.61. The van der Waals surface area contributed by atoms with Gasteiger partial charge in [-0.25, -0.2) is 4.39 Å². The van der Waals surface area contributed by atoms with Crippen molar-refractivity contribution in [2.75, 3.05) is 0 Å². The zero-order chi connectivity index (χ0) is 9.94. The Bertz CT molecular complexity index is 215. The van der Waals surface area contributed by atoms with Crippen molar-refractivity contribution in [3.05, 3.63) is 0 Å². The number of carboxylic acids is 1. The molecular weight excluding hydrogens is 191 g/mol. The fourth-order valence-corrected chi connectivity index (χ4v) is 0.949. The molecule has 0 aliphatic rings. The van der Waals surface area contributed by atoms with Gasteiger partial charge in [-0.05, 0) is 0 Å². The quantitative estimate of drug-likeness (QED) is 0.443. The van der Waals surface area contributed by atoms with Crippen LogP contribution in [0.25, 0.3) is 0 Å². The van der Waals surface area contributed by atoms with Crippen molar-refractivity contribution in [3.8, 4) is 0 Å². The molecule has 0 aromatic heterocycles. The number of rotatable bonds is 4. The molecule has 0 saturated heterocycles. The predicted molar refractivity (Wildman–Crippen MR) is 37.2 cm³/mol. The third-order valence-corrected chi connectivity index (χ3v) is 2.07. The molecule has 0 bridgehead atoms. The molecule has 1 unspecified atom stereocenters. The van der Waals surface area contributed by atoms with Gasteiger partial charge in [-0.2, -0.15) is 0 Å². The highest BCUT2D eigenvalue weighted by atomic mass is 31.2. The van der Waals surface area contributed by atoms with E-state index < -0.39 is 31.9 Å². The number of nitrogens with two attached hydrogens (primary N) is 1. The van der Waals surface area contributed by atoms with Crippen molar-refractivity contribution < 1.29 is 28.6 Å². The van der Waals surface area contributed by atoms with Crippen molar-refractivity contribution >= 4 is 13.6 Å². The molecule has 0 aromatic carbocycles. The van der Waals surface area contributed by atoms with E-state index in [-0.39, 0.29) is 0 Å². The Morgan fingerprint density at radius 3 is 2.25 bits per heavy atom. The van der Waals surface area contributed by atoms with E-state index in [1.165, 1.54) is 0 Å². The lowest BCUT2D eigenvalue weighted by molar-refractivity contribution is -0.138. The maximum atomic E-state index is 12.4. The molecule has 0 aliphatic carbocycles. The first-order chi connectivity index (χ1) is 5.25. The van der Waals surface area contributed by atoms with E-state index in [1.54, 1.807) is 0 Å². The first kappa shape index (κ1) is 11.5. The molecule has 5 N–H and O–H groups in total. The zero-order valence-corrected chi connectivity index (χ0v) is 6.82. The van der Waals surface area contributed by atoms with E-state index in [2.05, 4.69) is 0 Å². The smallest absolute Gasteiger partial charge is 0.359 e. The Kier molecular flexibility index (Phi) is 3.79. The van der Waals surface area contributed by atoms with E-state index in [1.807, 2.05) is 0 Å². The number of carboxylic acid groups (broad SMARTS) is 1. The maximum Gasteiger partial charge on any atom is 0.359 e. The SMILES string of the molecule is N[C@@H](CC([18F])P(=O)(O)O)C(=O)O. The van der Waals surface area contributed by atoms with Gasteiger partial charge in [0.05, 0.1) is 0 Å². The van der Waals surface area contributed by atoms with E-state index >= 15 is 0 Å². The fourth-order valence-electron chi connectivity index (χ4n) is 0.448. The van der Waals surface area contributed by atoms with Gasteiger partial charge < -0.3 is 20.6 Å². The monoisotopic (exact) mass is 200 g/mol. The highest BCUT2D eigenvalue weighted by Gasteiger charge is 2.32. The molecule has 0 heterocycles. The molecule has 0 aliphatic heterocycles. The van der Waals surface area contributed by atoms with Crippen LogP contribution in [0.3, 0.4) is 0 Å². The maximum absolute atomic E-state index is 12.4. The summed E-state index contributed by atoms with van der Waals surface area (Å²) in [6, 6.07) is -1.59. The highest BCUT2D eigenvalue weighted by Crippen LogP contribution is 2.43. The van der Waals surface area contributed by atoms with Gasteiger partial charge >= 0.3 is 13.6 Å². The number of aliphatic carboxylic acids is 1. The van der Waals surface area contributed by atoms with Gasteiger partial charge in [0.1, 0.15) is 6.04 Å². The Balaban J connectivity index is 4.11. The van der Waals surface area contributed by atoms with Crippen LogP contribution in [0.1, 0.15) is 6.42 Å². The summed E-state index contributed by atoms with van der Waals surface area (Å²) in [7, 11) is -4.86. The summed E-state index contributed by atoms with van der Waals surface area (Å²) in [6.07, 6.45) is -0.889. The van der Waals surface area contributed by atoms with E-state index in [0.717, 1.165) is 0 Å². The molecule has 72 valence electrons. The number of carbonyl (C=O) groups is 1. The van der Waals surface area contributed by atoms with Gasteiger partial charge in [-0.3, -0.25) is 9.36 Å². The second-order valence-electron chi connectivity index (χ2n) is 2.20. The lowest BCUT2D eigenvalue weighted by Gasteiger charge is -2.11. The fraction of sp³-hybridized carbons (Fsp3) is 0.750. The Hall–Kier alpha value is -0.490. The van der Waals surface area contributed by atoms with Gasteiger partial charge in [0.2, 0.25) is 5.91 Å². The summed E-state index contributed by atoms with van der Waals surface area (Å²) < 4.78 is 22.6. The number of hydrogen-bond donors (Lipinski definition) is 4. The van der Waals surface area contributed by atoms with Crippen LogP contribution in [0.15, 0.2) is 0 Å². The molecule has 0 spiro atoms. The molecule has 0 rings (SSSR count). The molecule has 0 fully saturated rings. The average Bonchev–Trinajstić information content (AvgIpc) is 1.85. The summed E-state index contributed by atoms with van der Waals surface area (Å²) in [5.41, 5.74) is 4.83. The molecule has 12 heavy (non-hydrogen) atoms. The van der Waals surface area contributed by atoms with Crippen LogP contribution in [0.5, 0.6) is 0 Å². The van der Waals surface area contributed by atoms with Crippen LogP contribution in [-0.4, -0.2) is 32.8 Å². The van der Waals surface area contributed by atoms with Crippen LogP contribution in [0.4, 0.5) is 4.39 Å². The summed E-state index contributed by atoms with van der Waals surface area (Å²) in [6.45, 7) is 0. The first-order valence-electron chi connectivity index (χ1n) is 2.93. The minimum Gasteiger partial charge on any atom is -0.480 e. The molecule has 6 nitrogen and oxygen atoms in total. The van der Waals surface area contributed by atoms with Crippen molar-refractivity contribution in [3.63, 3.8) is 0 Å². The Morgan fingerprint density at radius 2 is 2.00 bits per heavy atom.